The summed E-state index contributed by atoms with van der Waals surface area (Å²) in [6, 6.07) is 6.72. The van der Waals surface area contributed by atoms with Crippen LogP contribution in [0, 0.1) is 0 Å². The van der Waals surface area contributed by atoms with E-state index in [2.05, 4.69) is 6.92 Å². The summed E-state index contributed by atoms with van der Waals surface area (Å²) >= 11 is 0. The summed E-state index contributed by atoms with van der Waals surface area (Å²) in [5.41, 5.74) is 0.725. The Morgan fingerprint density at radius 1 is 0.864 bits per heavy atom. The molecule has 0 aliphatic heterocycles. The third-order valence-corrected chi connectivity index (χ3v) is 4.75. The van der Waals surface area contributed by atoms with Gasteiger partial charge in [0.15, 0.2) is 0 Å². The molecule has 124 valence electrons. The zero-order valence-electron chi connectivity index (χ0n) is 13.1. The number of hydrogen-bond donors (Lipinski definition) is 1. The van der Waals surface area contributed by atoms with Crippen LogP contribution >= 0.6 is 0 Å². The molecule has 5 heteroatoms. The molecule has 0 aliphatic rings. The van der Waals surface area contributed by atoms with E-state index in [1.165, 1.54) is 51.0 Å². The Morgan fingerprint density at radius 3 is 1.91 bits per heavy atom. The Bertz CT molecular complexity index is 500. The van der Waals surface area contributed by atoms with Crippen molar-refractivity contribution in [2.24, 2.45) is 0 Å². The third-order valence-electron chi connectivity index (χ3n) is 3.80. The fraction of sp³-hybridized carbons (Fsp3) is 0.647. The number of benzene rings is 1. The van der Waals surface area contributed by atoms with Crippen molar-refractivity contribution >= 4 is 47.9 Å². The first kappa shape index (κ1) is 22.4. The number of rotatable bonds is 11. The normalized spacial score (nSPS) is 11.2. The number of unbranched alkanes of at least 4 members (excludes halogenated alkanes) is 8. The van der Waals surface area contributed by atoms with Gasteiger partial charge in [0, 0.05) is 0 Å². The van der Waals surface area contributed by atoms with Gasteiger partial charge in [0.25, 0.3) is 10.1 Å². The van der Waals surface area contributed by atoms with Crippen LogP contribution in [0.25, 0.3) is 0 Å². The molecule has 0 atom stereocenters. The Hall–Kier alpha value is 0.390. The van der Waals surface area contributed by atoms with Crippen molar-refractivity contribution in [3.8, 4) is 0 Å². The molecule has 0 amide bonds. The third kappa shape index (κ3) is 9.51. The van der Waals surface area contributed by atoms with E-state index in [4.69, 9.17) is 0 Å². The van der Waals surface area contributed by atoms with Gasteiger partial charge in [-0.1, -0.05) is 76.5 Å². The molecule has 0 saturated heterocycles. The van der Waals surface area contributed by atoms with Gasteiger partial charge >= 0.3 is 37.7 Å². The van der Waals surface area contributed by atoms with Gasteiger partial charge in [0.1, 0.15) is 0 Å². The van der Waals surface area contributed by atoms with Gasteiger partial charge in [-0.05, 0) is 24.5 Å². The molecule has 0 aliphatic carbocycles. The fourth-order valence-electron chi connectivity index (χ4n) is 2.59. The molecule has 0 saturated carbocycles. The molecule has 1 aromatic carbocycles. The molecule has 1 rings (SSSR count). The van der Waals surface area contributed by atoms with E-state index in [-0.39, 0.29) is 42.6 Å². The average molecular weight is 355 g/mol. The average Bonchev–Trinajstić information content (AvgIpc) is 2.45. The van der Waals surface area contributed by atoms with Crippen LogP contribution in [0.4, 0.5) is 0 Å². The van der Waals surface area contributed by atoms with Gasteiger partial charge in [-0.3, -0.25) is 4.55 Å². The van der Waals surface area contributed by atoms with E-state index in [1.54, 1.807) is 12.1 Å². The number of aryl methyl sites for hydroxylation is 1. The van der Waals surface area contributed by atoms with Crippen LogP contribution in [0.15, 0.2) is 29.2 Å². The van der Waals surface area contributed by atoms with Gasteiger partial charge in [0.05, 0.1) is 4.90 Å². The predicted octanol–water partition coefficient (Wildman–Crippen LogP) is 4.09. The monoisotopic (exact) mass is 354 g/mol. The maximum atomic E-state index is 11.3. The van der Waals surface area contributed by atoms with E-state index in [9.17, 15) is 13.0 Å². The molecule has 0 spiro atoms. The summed E-state index contributed by atoms with van der Waals surface area (Å²) in [5.74, 6) is 0. The quantitative estimate of drug-likeness (QED) is 0.370. The van der Waals surface area contributed by atoms with Crippen molar-refractivity contribution in [2.45, 2.75) is 76.0 Å². The van der Waals surface area contributed by atoms with Crippen LogP contribution in [-0.2, 0) is 16.5 Å². The van der Waals surface area contributed by atoms with Crippen LogP contribution < -0.4 is 0 Å². The molecule has 0 unspecified atom stereocenters. The first-order chi connectivity index (χ1) is 10.1. The van der Waals surface area contributed by atoms with Crippen LogP contribution in [0.3, 0.4) is 0 Å². The Morgan fingerprint density at radius 2 is 1.36 bits per heavy atom. The van der Waals surface area contributed by atoms with E-state index < -0.39 is 10.1 Å². The molecule has 0 fully saturated rings. The first-order valence-corrected chi connectivity index (χ1v) is 9.55. The second-order valence-corrected chi connectivity index (χ2v) is 7.05. The van der Waals surface area contributed by atoms with Gasteiger partial charge in [0.2, 0.25) is 0 Å². The van der Waals surface area contributed by atoms with Crippen molar-refractivity contribution in [1.29, 1.82) is 0 Å². The molecule has 0 aromatic heterocycles. The van der Waals surface area contributed by atoms with Crippen molar-refractivity contribution in [1.82, 2.24) is 0 Å². The number of hydrogen-bond acceptors (Lipinski definition) is 2. The van der Waals surface area contributed by atoms with E-state index in [0.29, 0.717) is 6.42 Å². The standard InChI is InChI=1S/C17H28O3S.Ca.2H/c1-2-3-4-5-6-7-8-9-10-13-16-14-11-12-15-17(16)21(18,19)20;;;/h11-12,14-15H,2-10,13H2,1H3,(H,18,19,20);;;. The van der Waals surface area contributed by atoms with E-state index in [0.717, 1.165) is 18.4 Å². The first-order valence-electron chi connectivity index (χ1n) is 8.11. The molecule has 0 radical (unpaired) electrons. The Kier molecular flexibility index (Phi) is 13.0. The van der Waals surface area contributed by atoms with Crippen LogP contribution in [0.5, 0.6) is 0 Å². The fourth-order valence-corrected chi connectivity index (χ4v) is 3.34. The summed E-state index contributed by atoms with van der Waals surface area (Å²) in [5, 5.41) is 0. The molecular formula is C17H30CaO3S. The molecule has 0 heterocycles. The molecule has 1 N–H and O–H groups in total. The SMILES string of the molecule is CCCCCCCCCCCc1ccccc1S(=O)(=O)O.[CaH2]. The molecule has 0 bridgehead atoms. The summed E-state index contributed by atoms with van der Waals surface area (Å²) < 4.78 is 31.7. The molecule has 3 nitrogen and oxygen atoms in total. The molecular weight excluding hydrogens is 324 g/mol. The molecule has 1 aromatic rings. The van der Waals surface area contributed by atoms with Gasteiger partial charge < -0.3 is 0 Å². The minimum atomic E-state index is -4.09. The zero-order chi connectivity index (χ0) is 15.6. The van der Waals surface area contributed by atoms with Crippen LogP contribution in [0.2, 0.25) is 0 Å². The van der Waals surface area contributed by atoms with Gasteiger partial charge in [-0.15, -0.1) is 0 Å². The summed E-state index contributed by atoms with van der Waals surface area (Å²) in [7, 11) is -4.09. The Balaban J connectivity index is 0.00000441. The van der Waals surface area contributed by atoms with Crippen LogP contribution in [-0.4, -0.2) is 50.7 Å². The van der Waals surface area contributed by atoms with Gasteiger partial charge in [-0.2, -0.15) is 8.42 Å². The van der Waals surface area contributed by atoms with Crippen molar-refractivity contribution in [2.75, 3.05) is 0 Å². The van der Waals surface area contributed by atoms with Crippen molar-refractivity contribution in [3.63, 3.8) is 0 Å². The topological polar surface area (TPSA) is 54.4 Å². The summed E-state index contributed by atoms with van der Waals surface area (Å²) in [6.45, 7) is 2.23. The van der Waals surface area contributed by atoms with Crippen LogP contribution in [0.1, 0.15) is 70.3 Å². The summed E-state index contributed by atoms with van der Waals surface area (Å²) in [4.78, 5) is 0.0598. The van der Waals surface area contributed by atoms with E-state index in [1.807, 2.05) is 6.07 Å². The summed E-state index contributed by atoms with van der Waals surface area (Å²) in [6.07, 6.45) is 11.9. The second-order valence-electron chi connectivity index (χ2n) is 5.66. The Labute approximate surface area is 165 Å². The van der Waals surface area contributed by atoms with Crippen molar-refractivity contribution < 1.29 is 13.0 Å². The second kappa shape index (κ2) is 12.8. The van der Waals surface area contributed by atoms with Crippen molar-refractivity contribution in [3.05, 3.63) is 29.8 Å². The van der Waals surface area contributed by atoms with E-state index >= 15 is 0 Å². The predicted molar refractivity (Wildman–Crippen MR) is 95.7 cm³/mol. The minimum absolute atomic E-state index is 0. The zero-order valence-corrected chi connectivity index (χ0v) is 13.9. The van der Waals surface area contributed by atoms with Gasteiger partial charge in [-0.25, -0.2) is 0 Å². The maximum absolute atomic E-state index is 11.3. The molecule has 22 heavy (non-hydrogen) atoms.